The van der Waals surface area contributed by atoms with E-state index in [0.29, 0.717) is 17.3 Å². The van der Waals surface area contributed by atoms with Crippen molar-refractivity contribution >= 4 is 5.88 Å². The fourth-order valence-corrected chi connectivity index (χ4v) is 3.31. The van der Waals surface area contributed by atoms with Crippen LogP contribution in [0.1, 0.15) is 11.4 Å². The lowest BCUT2D eigenvalue weighted by atomic mass is 10.2. The van der Waals surface area contributed by atoms with E-state index < -0.39 is 0 Å². The summed E-state index contributed by atoms with van der Waals surface area (Å²) >= 11 is 0. The predicted molar refractivity (Wildman–Crippen MR) is 103 cm³/mol. The van der Waals surface area contributed by atoms with Crippen molar-refractivity contribution in [1.29, 1.82) is 5.26 Å². The van der Waals surface area contributed by atoms with E-state index in [1.54, 1.807) is 12.1 Å². The van der Waals surface area contributed by atoms with Gasteiger partial charge < -0.3 is 9.32 Å². The number of benzene rings is 1. The van der Waals surface area contributed by atoms with Gasteiger partial charge in [0.2, 0.25) is 17.5 Å². The van der Waals surface area contributed by atoms with E-state index in [1.165, 1.54) is 12.1 Å². The lowest BCUT2D eigenvalue weighted by molar-refractivity contribution is 0.256. The molecule has 0 aliphatic carbocycles. The quantitative estimate of drug-likeness (QED) is 0.681. The number of rotatable bonds is 5. The highest BCUT2D eigenvalue weighted by Gasteiger charge is 2.24. The normalized spacial score (nSPS) is 14.8. The van der Waals surface area contributed by atoms with Gasteiger partial charge >= 0.3 is 0 Å². The Morgan fingerprint density at radius 1 is 1.07 bits per heavy atom. The average molecular weight is 377 g/mol. The molecule has 0 spiro atoms. The van der Waals surface area contributed by atoms with Crippen molar-refractivity contribution in [2.75, 3.05) is 37.6 Å². The van der Waals surface area contributed by atoms with Gasteiger partial charge in [-0.15, -0.1) is 0 Å². The average Bonchev–Trinajstić information content (AvgIpc) is 3.18. The molecule has 7 heteroatoms. The van der Waals surface area contributed by atoms with Crippen molar-refractivity contribution in [2.45, 2.75) is 6.42 Å². The summed E-state index contributed by atoms with van der Waals surface area (Å²) in [5, 5.41) is 9.44. The summed E-state index contributed by atoms with van der Waals surface area (Å²) in [7, 11) is 0. The molecule has 1 aliphatic heterocycles. The minimum Gasteiger partial charge on any atom is -0.419 e. The van der Waals surface area contributed by atoms with Crippen molar-refractivity contribution in [1.82, 2.24) is 14.9 Å². The SMILES string of the molecule is N#Cc1nc(-c2ccc(F)cc2)oc1N1CCN(CCc2ccccn2)CC1. The maximum absolute atomic E-state index is 13.1. The summed E-state index contributed by atoms with van der Waals surface area (Å²) in [4.78, 5) is 13.1. The third-order valence-electron chi connectivity index (χ3n) is 4.88. The molecule has 142 valence electrons. The lowest BCUT2D eigenvalue weighted by Gasteiger charge is -2.34. The number of pyridine rings is 1. The summed E-state index contributed by atoms with van der Waals surface area (Å²) in [6.07, 6.45) is 2.74. The molecule has 0 atom stereocenters. The number of aromatic nitrogens is 2. The Morgan fingerprint density at radius 2 is 1.86 bits per heavy atom. The van der Waals surface area contributed by atoms with E-state index in [2.05, 4.69) is 25.8 Å². The van der Waals surface area contributed by atoms with Crippen LogP contribution >= 0.6 is 0 Å². The van der Waals surface area contributed by atoms with Crippen LogP contribution in [0.15, 0.2) is 53.1 Å². The Balaban J connectivity index is 1.40. The molecule has 0 amide bonds. The maximum Gasteiger partial charge on any atom is 0.235 e. The highest BCUT2D eigenvalue weighted by Crippen LogP contribution is 2.29. The standard InChI is InChI=1S/C21H20FN5O/c22-17-6-4-16(5-7-17)20-25-19(15-23)21(28-20)27-13-11-26(12-14-27)10-8-18-3-1-2-9-24-18/h1-7,9H,8,10-14H2. The molecule has 0 N–H and O–H groups in total. The molecule has 3 heterocycles. The van der Waals surface area contributed by atoms with E-state index in [0.717, 1.165) is 44.8 Å². The van der Waals surface area contributed by atoms with Crippen LogP contribution in [-0.2, 0) is 6.42 Å². The van der Waals surface area contributed by atoms with Crippen LogP contribution in [-0.4, -0.2) is 47.6 Å². The monoisotopic (exact) mass is 377 g/mol. The first kappa shape index (κ1) is 18.1. The number of piperazine rings is 1. The zero-order chi connectivity index (χ0) is 19.3. The van der Waals surface area contributed by atoms with Gasteiger partial charge in [-0.25, -0.2) is 4.39 Å². The lowest BCUT2D eigenvalue weighted by Crippen LogP contribution is -2.47. The minimum absolute atomic E-state index is 0.265. The van der Waals surface area contributed by atoms with Crippen molar-refractivity contribution in [2.24, 2.45) is 0 Å². The largest absolute Gasteiger partial charge is 0.419 e. The number of hydrogen-bond donors (Lipinski definition) is 0. The molecule has 0 unspecified atom stereocenters. The van der Waals surface area contributed by atoms with Crippen LogP contribution in [0.4, 0.5) is 10.3 Å². The third kappa shape index (κ3) is 4.02. The molecule has 4 rings (SSSR count). The topological polar surface area (TPSA) is 69.2 Å². The highest BCUT2D eigenvalue weighted by atomic mass is 19.1. The second-order valence-corrected chi connectivity index (χ2v) is 6.69. The summed E-state index contributed by atoms with van der Waals surface area (Å²) < 4.78 is 19.0. The Labute approximate surface area is 162 Å². The molecular weight excluding hydrogens is 357 g/mol. The third-order valence-corrected chi connectivity index (χ3v) is 4.88. The van der Waals surface area contributed by atoms with Crippen LogP contribution < -0.4 is 4.90 Å². The first-order valence-electron chi connectivity index (χ1n) is 9.27. The smallest absolute Gasteiger partial charge is 0.235 e. The molecule has 1 aromatic carbocycles. The van der Waals surface area contributed by atoms with Crippen LogP contribution in [0, 0.1) is 17.1 Å². The minimum atomic E-state index is -0.321. The van der Waals surface area contributed by atoms with Crippen LogP contribution in [0.5, 0.6) is 0 Å². The maximum atomic E-state index is 13.1. The van der Waals surface area contributed by atoms with Gasteiger partial charge in [-0.3, -0.25) is 9.88 Å². The molecule has 0 bridgehead atoms. The molecule has 28 heavy (non-hydrogen) atoms. The van der Waals surface area contributed by atoms with Crippen LogP contribution in [0.25, 0.3) is 11.5 Å². The van der Waals surface area contributed by atoms with Gasteiger partial charge in [0.25, 0.3) is 0 Å². The summed E-state index contributed by atoms with van der Waals surface area (Å²) in [5.41, 5.74) is 2.01. The van der Waals surface area contributed by atoms with E-state index in [9.17, 15) is 9.65 Å². The van der Waals surface area contributed by atoms with Gasteiger partial charge in [0, 0.05) is 56.6 Å². The number of hydrogen-bond acceptors (Lipinski definition) is 6. The van der Waals surface area contributed by atoms with Crippen molar-refractivity contribution < 1.29 is 8.81 Å². The Bertz CT molecular complexity index is 957. The van der Waals surface area contributed by atoms with Crippen molar-refractivity contribution in [3.05, 3.63) is 65.9 Å². The summed E-state index contributed by atoms with van der Waals surface area (Å²) in [5.74, 6) is 0.508. The van der Waals surface area contributed by atoms with Gasteiger partial charge in [-0.05, 0) is 36.4 Å². The molecule has 1 saturated heterocycles. The first-order valence-corrected chi connectivity index (χ1v) is 9.27. The van der Waals surface area contributed by atoms with Crippen LogP contribution in [0.2, 0.25) is 0 Å². The molecule has 2 aromatic heterocycles. The van der Waals surface area contributed by atoms with Gasteiger partial charge in [0.15, 0.2) is 0 Å². The number of nitrogens with zero attached hydrogens (tertiary/aromatic N) is 5. The van der Waals surface area contributed by atoms with Crippen molar-refractivity contribution in [3.63, 3.8) is 0 Å². The molecule has 6 nitrogen and oxygen atoms in total. The number of halogens is 1. The number of anilines is 1. The Hall–Kier alpha value is -3.24. The molecule has 0 radical (unpaired) electrons. The second-order valence-electron chi connectivity index (χ2n) is 6.69. The van der Waals surface area contributed by atoms with Gasteiger partial charge in [-0.2, -0.15) is 10.2 Å². The molecule has 1 fully saturated rings. The fraction of sp³-hybridized carbons (Fsp3) is 0.286. The van der Waals surface area contributed by atoms with E-state index in [4.69, 9.17) is 4.42 Å². The summed E-state index contributed by atoms with van der Waals surface area (Å²) in [6, 6.07) is 14.0. The zero-order valence-corrected chi connectivity index (χ0v) is 15.4. The van der Waals surface area contributed by atoms with Gasteiger partial charge in [0.05, 0.1) is 0 Å². The predicted octanol–water partition coefficient (Wildman–Crippen LogP) is 3.11. The van der Waals surface area contributed by atoms with E-state index in [-0.39, 0.29) is 11.5 Å². The molecular formula is C21H20FN5O. The van der Waals surface area contributed by atoms with Gasteiger partial charge in [-0.1, -0.05) is 6.07 Å². The fourth-order valence-electron chi connectivity index (χ4n) is 3.31. The van der Waals surface area contributed by atoms with Crippen LogP contribution in [0.3, 0.4) is 0 Å². The van der Waals surface area contributed by atoms with E-state index >= 15 is 0 Å². The second kappa shape index (κ2) is 8.19. The number of nitriles is 1. The number of oxazole rings is 1. The molecule has 1 aliphatic rings. The first-order chi connectivity index (χ1) is 13.7. The zero-order valence-electron chi connectivity index (χ0n) is 15.4. The summed E-state index contributed by atoms with van der Waals surface area (Å²) in [6.45, 7) is 4.23. The molecule has 0 saturated carbocycles. The Kier molecular flexibility index (Phi) is 5.31. The Morgan fingerprint density at radius 3 is 2.54 bits per heavy atom. The molecule has 3 aromatic rings. The highest BCUT2D eigenvalue weighted by molar-refractivity contribution is 5.59. The van der Waals surface area contributed by atoms with E-state index in [1.807, 2.05) is 24.4 Å². The van der Waals surface area contributed by atoms with Gasteiger partial charge in [0.1, 0.15) is 11.9 Å². The van der Waals surface area contributed by atoms with Crippen molar-refractivity contribution in [3.8, 4) is 17.5 Å².